The Labute approximate surface area is 530 Å². The highest BCUT2D eigenvalue weighted by Gasteiger charge is 2.26. The van der Waals surface area contributed by atoms with E-state index in [0.717, 1.165) is 226 Å². The van der Waals surface area contributed by atoms with Gasteiger partial charge in [-0.25, -0.2) is 24.0 Å². The second-order valence-electron chi connectivity index (χ2n) is 22.7. The molecule has 484 valence electrons. The Kier molecular flexibility index (Phi) is 33.7. The molecule has 0 atom stereocenters. The second kappa shape index (κ2) is 41.6. The normalized spacial score (nSPS) is 11.7. The summed E-state index contributed by atoms with van der Waals surface area (Å²) in [7, 11) is 0. The van der Waals surface area contributed by atoms with Crippen LogP contribution in [0.4, 0.5) is 0 Å². The van der Waals surface area contributed by atoms with Crippen molar-refractivity contribution in [3.8, 4) is 23.0 Å². The van der Waals surface area contributed by atoms with Gasteiger partial charge in [-0.2, -0.15) is 0 Å². The molecule has 0 spiro atoms. The van der Waals surface area contributed by atoms with Crippen LogP contribution in [0.3, 0.4) is 0 Å². The predicted molar refractivity (Wildman–Crippen MR) is 351 cm³/mol. The van der Waals surface area contributed by atoms with Crippen LogP contribution in [0.2, 0.25) is 0 Å². The lowest BCUT2D eigenvalue weighted by Crippen LogP contribution is -2.16. The lowest BCUT2D eigenvalue weighted by molar-refractivity contribution is -0.140. The van der Waals surface area contributed by atoms with Gasteiger partial charge in [-0.1, -0.05) is 173 Å². The standard InChI is InChI=1S/C75H100O14/c1-9-17-21-25-29-55-43-59-51-61-45-56(30-26-22-18-10-2)47-63(73(61)87-40-36-83-68(77)14-6)53-65-49-58(32-28-24-20-12-4)50-66(75(65)89-42-38-85-71(80)34-33-70(79)81-16-8)54-64-48-57(31-27-23-19-11-3)46-62(74(64)88-41-37-84-69(78)15-7)52-60(44-55)72(59)86-39-35-82-67(76)13-5/h13-15,33-34,43-50H,5-7,9-12,16-32,35-42,51-54H2,1-4,8H3/b34-33-. The average molecular weight is 1230 g/mol. The van der Waals surface area contributed by atoms with Crippen molar-refractivity contribution >= 4 is 29.8 Å². The molecular weight excluding hydrogens is 1120 g/mol. The molecule has 14 nitrogen and oxygen atoms in total. The number of carbonyl (C=O) groups is 5. The van der Waals surface area contributed by atoms with Crippen molar-refractivity contribution in [3.05, 3.63) is 165 Å². The zero-order chi connectivity index (χ0) is 64.0. The number of carbonyl (C=O) groups excluding carboxylic acids is 5. The van der Waals surface area contributed by atoms with E-state index in [4.69, 9.17) is 42.6 Å². The lowest BCUT2D eigenvalue weighted by atomic mass is 9.87. The monoisotopic (exact) mass is 1220 g/mol. The molecule has 1 aliphatic rings. The van der Waals surface area contributed by atoms with Crippen LogP contribution in [-0.4, -0.2) is 89.3 Å². The van der Waals surface area contributed by atoms with Crippen molar-refractivity contribution in [2.24, 2.45) is 0 Å². The van der Waals surface area contributed by atoms with Crippen LogP contribution in [-0.2, 0) is 99.0 Å². The molecule has 0 amide bonds. The van der Waals surface area contributed by atoms with Gasteiger partial charge in [0.25, 0.3) is 0 Å². The number of ether oxygens (including phenoxy) is 9. The molecule has 0 heterocycles. The van der Waals surface area contributed by atoms with E-state index in [1.165, 1.54) is 0 Å². The molecule has 4 aromatic rings. The SMILES string of the molecule is C=CC(=O)OCCOc1c2cc(CCCCCC)cc1Cc1cc(CCCCCC)cc(c1OCCOC(=O)C=C)Cc1cc(CCCCCC)cc(c1OCCOC(=O)/C=C\C(=O)OCC)Cc1cc(CCCCCC)cc(c1OCCOC(=O)C=C)C2. The first-order valence-corrected chi connectivity index (χ1v) is 32.9. The molecule has 0 radical (unpaired) electrons. The largest absolute Gasteiger partial charge is 0.489 e. The molecular formula is C75H100O14. The Morgan fingerprint density at radius 3 is 0.753 bits per heavy atom. The topological polar surface area (TPSA) is 168 Å². The summed E-state index contributed by atoms with van der Waals surface area (Å²) < 4.78 is 55.1. The highest BCUT2D eigenvalue weighted by Crippen LogP contribution is 2.42. The van der Waals surface area contributed by atoms with Gasteiger partial charge in [-0.15, -0.1) is 0 Å². The van der Waals surface area contributed by atoms with E-state index in [0.29, 0.717) is 48.7 Å². The Bertz CT molecular complexity index is 2810. The van der Waals surface area contributed by atoms with E-state index in [9.17, 15) is 24.0 Å². The molecule has 5 rings (SSSR count). The number of hydrogen-bond acceptors (Lipinski definition) is 14. The second-order valence-corrected chi connectivity index (χ2v) is 22.7. The molecule has 0 saturated heterocycles. The molecule has 14 heteroatoms. The van der Waals surface area contributed by atoms with Gasteiger partial charge in [0.1, 0.15) is 75.9 Å². The van der Waals surface area contributed by atoms with Gasteiger partial charge < -0.3 is 42.6 Å². The average Bonchev–Trinajstić information content (AvgIpc) is 0.916. The van der Waals surface area contributed by atoms with Crippen LogP contribution in [0.25, 0.3) is 0 Å². The fourth-order valence-corrected chi connectivity index (χ4v) is 11.2. The first-order chi connectivity index (χ1) is 43.4. The number of benzene rings is 4. The molecule has 89 heavy (non-hydrogen) atoms. The number of aryl methyl sites for hydroxylation is 4. The maximum atomic E-state index is 13.0. The third kappa shape index (κ3) is 25.8. The van der Waals surface area contributed by atoms with E-state index in [1.54, 1.807) is 6.92 Å². The van der Waals surface area contributed by atoms with Gasteiger partial charge in [-0.3, -0.25) is 0 Å². The molecule has 8 bridgehead atoms. The van der Waals surface area contributed by atoms with Crippen LogP contribution in [0.15, 0.2) is 98.6 Å². The summed E-state index contributed by atoms with van der Waals surface area (Å²) in [4.78, 5) is 62.5. The lowest BCUT2D eigenvalue weighted by Gasteiger charge is -2.25. The van der Waals surface area contributed by atoms with Crippen molar-refractivity contribution in [3.63, 3.8) is 0 Å². The summed E-state index contributed by atoms with van der Waals surface area (Å²) in [6, 6.07) is 18.0. The first-order valence-electron chi connectivity index (χ1n) is 32.9. The number of esters is 5. The zero-order valence-electron chi connectivity index (χ0n) is 54.2. The van der Waals surface area contributed by atoms with E-state index in [1.807, 2.05) is 0 Å². The van der Waals surface area contributed by atoms with Gasteiger partial charge in [-0.05, 0) is 125 Å². The number of fused-ring (bicyclic) bond motifs is 8. The van der Waals surface area contributed by atoms with Crippen LogP contribution in [0.5, 0.6) is 23.0 Å². The molecule has 0 saturated carbocycles. The van der Waals surface area contributed by atoms with Crippen LogP contribution >= 0.6 is 0 Å². The molecule has 4 aromatic carbocycles. The molecule has 0 unspecified atom stereocenters. The summed E-state index contributed by atoms with van der Waals surface area (Å²) in [5.41, 5.74) is 11.9. The van der Waals surface area contributed by atoms with Gasteiger partial charge in [0.2, 0.25) is 0 Å². The maximum absolute atomic E-state index is 13.0. The molecule has 0 aliphatic heterocycles. The van der Waals surface area contributed by atoms with E-state index >= 15 is 0 Å². The highest BCUT2D eigenvalue weighted by molar-refractivity contribution is 5.91. The van der Waals surface area contributed by atoms with Crippen LogP contribution < -0.4 is 18.9 Å². The molecule has 0 N–H and O–H groups in total. The smallest absolute Gasteiger partial charge is 0.331 e. The summed E-state index contributed by atoms with van der Waals surface area (Å²) >= 11 is 0. The quantitative estimate of drug-likeness (QED) is 0.0157. The third-order valence-electron chi connectivity index (χ3n) is 15.4. The van der Waals surface area contributed by atoms with Crippen molar-refractivity contribution in [1.29, 1.82) is 0 Å². The highest BCUT2D eigenvalue weighted by atomic mass is 16.6. The molecule has 1 aliphatic carbocycles. The summed E-state index contributed by atoms with van der Waals surface area (Å²) in [5, 5.41) is 0. The fourth-order valence-electron chi connectivity index (χ4n) is 11.2. The van der Waals surface area contributed by atoms with Crippen molar-refractivity contribution < 1.29 is 66.6 Å². The minimum atomic E-state index is -0.711. The van der Waals surface area contributed by atoms with E-state index < -0.39 is 29.8 Å². The number of unbranched alkanes of at least 4 members (excludes halogenated alkanes) is 12. The van der Waals surface area contributed by atoms with Gasteiger partial charge in [0, 0.05) is 56.1 Å². The van der Waals surface area contributed by atoms with Crippen LogP contribution in [0, 0.1) is 0 Å². The van der Waals surface area contributed by atoms with Crippen molar-refractivity contribution in [2.45, 2.75) is 189 Å². The maximum Gasteiger partial charge on any atom is 0.331 e. The van der Waals surface area contributed by atoms with Gasteiger partial charge in [0.05, 0.1) is 6.61 Å². The third-order valence-corrected chi connectivity index (χ3v) is 15.4. The van der Waals surface area contributed by atoms with Gasteiger partial charge in [0.15, 0.2) is 0 Å². The van der Waals surface area contributed by atoms with Crippen molar-refractivity contribution in [1.82, 2.24) is 0 Å². The number of rotatable bonds is 42. The number of hydrogen-bond donors (Lipinski definition) is 0. The molecule has 0 fully saturated rings. The summed E-state index contributed by atoms with van der Waals surface area (Å²) in [6.45, 7) is 21.5. The fraction of sp³-hybridized carbons (Fsp3) is 0.507. The zero-order valence-corrected chi connectivity index (χ0v) is 54.2. The molecule has 0 aromatic heterocycles. The minimum Gasteiger partial charge on any atom is -0.489 e. The predicted octanol–water partition coefficient (Wildman–Crippen LogP) is 15.2. The Balaban J connectivity index is 1.92. The van der Waals surface area contributed by atoms with E-state index in [-0.39, 0.29) is 59.5 Å². The Hall–Kier alpha value is -7.61. The Morgan fingerprint density at radius 1 is 0.315 bits per heavy atom. The summed E-state index contributed by atoms with van der Waals surface area (Å²) in [5.74, 6) is -0.411. The summed E-state index contributed by atoms with van der Waals surface area (Å²) in [6.07, 6.45) is 27.4. The van der Waals surface area contributed by atoms with E-state index in [2.05, 4.69) is 96.0 Å². The first kappa shape index (κ1) is 72.1. The van der Waals surface area contributed by atoms with Crippen molar-refractivity contribution in [2.75, 3.05) is 59.5 Å². The van der Waals surface area contributed by atoms with Gasteiger partial charge >= 0.3 is 29.8 Å². The Morgan fingerprint density at radius 2 is 0.539 bits per heavy atom. The minimum absolute atomic E-state index is 0.00935. The van der Waals surface area contributed by atoms with Crippen LogP contribution in [0.1, 0.15) is 204 Å².